The molecular formula is C33H35FN4O9S. The second-order valence-electron chi connectivity index (χ2n) is 12.0. The highest BCUT2D eigenvalue weighted by Crippen LogP contribution is 2.44. The van der Waals surface area contributed by atoms with Crippen molar-refractivity contribution in [1.82, 2.24) is 10.2 Å². The summed E-state index contributed by atoms with van der Waals surface area (Å²) in [5.41, 5.74) is -0.840. The lowest BCUT2D eigenvalue weighted by atomic mass is 10.0. The van der Waals surface area contributed by atoms with Crippen molar-refractivity contribution < 1.29 is 46.6 Å². The highest BCUT2D eigenvalue weighted by molar-refractivity contribution is 7.92. The van der Waals surface area contributed by atoms with E-state index in [1.807, 2.05) is 0 Å². The van der Waals surface area contributed by atoms with Crippen molar-refractivity contribution in [2.75, 3.05) is 17.2 Å². The molecule has 0 saturated carbocycles. The van der Waals surface area contributed by atoms with Crippen molar-refractivity contribution in [2.45, 2.75) is 61.9 Å². The SMILES string of the molecule is CC(=O)Nc1ccc(S(=O)(=O)C2CC(C(=O)OC(C)(C)C)N(C(=O)CNC(=O)Nc3cccc(C(=O)O)c3)C2c2ccccc2F)cc1. The molecule has 3 atom stereocenters. The van der Waals surface area contributed by atoms with E-state index in [-0.39, 0.29) is 27.6 Å². The van der Waals surface area contributed by atoms with Gasteiger partial charge in [0.2, 0.25) is 11.8 Å². The summed E-state index contributed by atoms with van der Waals surface area (Å²) in [6.45, 7) is 5.33. The molecule has 0 radical (unpaired) electrons. The summed E-state index contributed by atoms with van der Waals surface area (Å²) in [5, 5.41) is 15.0. The molecule has 1 aliphatic rings. The Kier molecular flexibility index (Phi) is 10.5. The van der Waals surface area contributed by atoms with Gasteiger partial charge >= 0.3 is 18.0 Å². The minimum absolute atomic E-state index is 0.0918. The van der Waals surface area contributed by atoms with Crippen LogP contribution < -0.4 is 16.0 Å². The summed E-state index contributed by atoms with van der Waals surface area (Å²) in [6.07, 6.45) is -0.455. The Labute approximate surface area is 276 Å². The number of ether oxygens (including phenoxy) is 1. The first-order chi connectivity index (χ1) is 22.5. The summed E-state index contributed by atoms with van der Waals surface area (Å²) in [4.78, 5) is 63.7. The summed E-state index contributed by atoms with van der Waals surface area (Å²) in [7, 11) is -4.39. The Morgan fingerprint density at radius 2 is 1.60 bits per heavy atom. The van der Waals surface area contributed by atoms with Gasteiger partial charge in [0.1, 0.15) is 17.5 Å². The van der Waals surface area contributed by atoms with Gasteiger partial charge in [0.25, 0.3) is 0 Å². The number of nitrogens with zero attached hydrogens (tertiary/aromatic N) is 1. The Hall–Kier alpha value is -5.31. The average molecular weight is 683 g/mol. The lowest BCUT2D eigenvalue weighted by Gasteiger charge is -2.32. The maximum Gasteiger partial charge on any atom is 0.335 e. The number of rotatable bonds is 9. The zero-order valence-corrected chi connectivity index (χ0v) is 27.3. The third kappa shape index (κ3) is 8.34. The topological polar surface area (TPSA) is 188 Å². The predicted octanol–water partition coefficient (Wildman–Crippen LogP) is 4.13. The molecule has 3 aromatic rings. The van der Waals surface area contributed by atoms with Crippen LogP contribution in [-0.4, -0.2) is 71.6 Å². The third-order valence-electron chi connectivity index (χ3n) is 7.30. The number of benzene rings is 3. The molecule has 1 heterocycles. The number of halogens is 1. The van der Waals surface area contributed by atoms with Crippen LogP contribution in [0.3, 0.4) is 0 Å². The van der Waals surface area contributed by atoms with Crippen LogP contribution in [0.2, 0.25) is 0 Å². The molecule has 4 N–H and O–H groups in total. The minimum Gasteiger partial charge on any atom is -0.478 e. The number of esters is 1. The number of carbonyl (C=O) groups excluding carboxylic acids is 4. The van der Waals surface area contributed by atoms with Crippen LogP contribution >= 0.6 is 0 Å². The molecule has 1 fully saturated rings. The average Bonchev–Trinajstić information content (AvgIpc) is 3.41. The zero-order chi connectivity index (χ0) is 35.4. The van der Waals surface area contributed by atoms with E-state index >= 15 is 4.39 Å². The Morgan fingerprint density at radius 3 is 2.21 bits per heavy atom. The van der Waals surface area contributed by atoms with Gasteiger partial charge in [-0.1, -0.05) is 24.3 Å². The number of carbonyl (C=O) groups is 5. The number of hydrogen-bond acceptors (Lipinski definition) is 8. The van der Waals surface area contributed by atoms with Crippen LogP contribution in [0.4, 0.5) is 20.6 Å². The smallest absolute Gasteiger partial charge is 0.335 e. The summed E-state index contributed by atoms with van der Waals surface area (Å²) in [6, 6.07) is 12.0. The first kappa shape index (κ1) is 35.5. The molecular weight excluding hydrogens is 647 g/mol. The summed E-state index contributed by atoms with van der Waals surface area (Å²) >= 11 is 0. The molecule has 0 aliphatic carbocycles. The van der Waals surface area contributed by atoms with Crippen LogP contribution in [0.15, 0.2) is 77.7 Å². The number of likely N-dealkylation sites (tertiary alicyclic amines) is 1. The standard InChI is InChI=1S/C33H35FN4O9S/c1-19(39)36-21-12-14-23(15-13-21)48(45,46)27-17-26(31(43)47-33(2,3)4)38(29(27)24-10-5-6-11-25(24)34)28(40)18-35-32(44)37-22-9-7-8-20(16-22)30(41)42/h5-16,26-27,29H,17-18H2,1-4H3,(H,36,39)(H,41,42)(H2,35,37,44). The van der Waals surface area contributed by atoms with Crippen molar-refractivity contribution >= 4 is 51.0 Å². The van der Waals surface area contributed by atoms with Crippen LogP contribution in [0.1, 0.15) is 56.1 Å². The van der Waals surface area contributed by atoms with E-state index in [4.69, 9.17) is 4.74 Å². The first-order valence-electron chi connectivity index (χ1n) is 14.8. The van der Waals surface area contributed by atoms with Gasteiger partial charge in [0.05, 0.1) is 28.3 Å². The highest BCUT2D eigenvalue weighted by Gasteiger charge is 2.54. The van der Waals surface area contributed by atoms with E-state index in [1.54, 1.807) is 20.8 Å². The van der Waals surface area contributed by atoms with Crippen molar-refractivity contribution in [1.29, 1.82) is 0 Å². The van der Waals surface area contributed by atoms with Crippen LogP contribution in [0.25, 0.3) is 0 Å². The molecule has 0 aromatic heterocycles. The molecule has 4 amide bonds. The van der Waals surface area contributed by atoms with Gasteiger partial charge in [0.15, 0.2) is 9.84 Å². The van der Waals surface area contributed by atoms with E-state index in [0.717, 1.165) is 11.0 Å². The molecule has 3 unspecified atom stereocenters. The molecule has 1 saturated heterocycles. The van der Waals surface area contributed by atoms with Crippen LogP contribution in [0, 0.1) is 5.82 Å². The molecule has 4 rings (SSSR count). The summed E-state index contributed by atoms with van der Waals surface area (Å²) in [5.74, 6) is -4.25. The molecule has 0 spiro atoms. The quantitative estimate of drug-likeness (QED) is 0.241. The van der Waals surface area contributed by atoms with Gasteiger partial charge < -0.3 is 30.7 Å². The number of amides is 4. The number of sulfone groups is 1. The number of anilines is 2. The third-order valence-corrected chi connectivity index (χ3v) is 9.48. The van der Waals surface area contributed by atoms with Gasteiger partial charge in [-0.2, -0.15) is 0 Å². The number of carboxylic acids is 1. The maximum atomic E-state index is 15.5. The van der Waals surface area contributed by atoms with Gasteiger partial charge in [0, 0.05) is 23.9 Å². The number of aromatic carboxylic acids is 1. The maximum absolute atomic E-state index is 15.5. The predicted molar refractivity (Wildman–Crippen MR) is 172 cm³/mol. The minimum atomic E-state index is -4.39. The van der Waals surface area contributed by atoms with E-state index in [0.29, 0.717) is 5.69 Å². The van der Waals surface area contributed by atoms with Crippen molar-refractivity contribution in [3.05, 3.63) is 89.7 Å². The zero-order valence-electron chi connectivity index (χ0n) is 26.5. The number of hydrogen-bond donors (Lipinski definition) is 4. The highest BCUT2D eigenvalue weighted by atomic mass is 32.2. The molecule has 254 valence electrons. The van der Waals surface area contributed by atoms with E-state index in [2.05, 4.69) is 16.0 Å². The largest absolute Gasteiger partial charge is 0.478 e. The van der Waals surface area contributed by atoms with Crippen molar-refractivity contribution in [2.24, 2.45) is 0 Å². The molecule has 13 nitrogen and oxygen atoms in total. The number of urea groups is 1. The molecule has 1 aliphatic heterocycles. The Balaban J connectivity index is 1.72. The molecule has 48 heavy (non-hydrogen) atoms. The fourth-order valence-corrected chi connectivity index (χ4v) is 7.28. The van der Waals surface area contributed by atoms with Gasteiger partial charge in [-0.25, -0.2) is 27.2 Å². The lowest BCUT2D eigenvalue weighted by molar-refractivity contribution is -0.164. The van der Waals surface area contributed by atoms with Gasteiger partial charge in [-0.05, 0) is 75.7 Å². The summed E-state index contributed by atoms with van der Waals surface area (Å²) < 4.78 is 49.4. The van der Waals surface area contributed by atoms with Crippen molar-refractivity contribution in [3.63, 3.8) is 0 Å². The lowest BCUT2D eigenvalue weighted by Crippen LogP contribution is -2.49. The van der Waals surface area contributed by atoms with Gasteiger partial charge in [-0.3, -0.25) is 9.59 Å². The normalized spacial score (nSPS) is 17.7. The van der Waals surface area contributed by atoms with E-state index in [1.165, 1.54) is 73.7 Å². The van der Waals surface area contributed by atoms with Gasteiger partial charge in [-0.15, -0.1) is 0 Å². The van der Waals surface area contributed by atoms with Crippen LogP contribution in [-0.2, 0) is 29.0 Å². The van der Waals surface area contributed by atoms with Crippen molar-refractivity contribution in [3.8, 4) is 0 Å². The van der Waals surface area contributed by atoms with E-state index < -0.39 is 75.4 Å². The fourth-order valence-electron chi connectivity index (χ4n) is 5.36. The van der Waals surface area contributed by atoms with Crippen LogP contribution in [0.5, 0.6) is 0 Å². The first-order valence-corrected chi connectivity index (χ1v) is 16.3. The molecule has 3 aromatic carbocycles. The second kappa shape index (κ2) is 14.2. The Bertz CT molecular complexity index is 1840. The second-order valence-corrected chi connectivity index (χ2v) is 14.2. The number of carboxylic acid groups (broad SMARTS) is 1. The molecule has 0 bridgehead atoms. The molecule has 15 heteroatoms. The van der Waals surface area contributed by atoms with E-state index in [9.17, 15) is 37.5 Å². The Morgan fingerprint density at radius 1 is 0.938 bits per heavy atom. The number of nitrogens with one attached hydrogen (secondary N) is 3. The monoisotopic (exact) mass is 682 g/mol. The fraction of sp³-hybridized carbons (Fsp3) is 0.303.